The number of ether oxygens (including phenoxy) is 1. The van der Waals surface area contributed by atoms with Crippen LogP contribution >= 0.6 is 0 Å². The number of rotatable bonds is 6. The Hall–Kier alpha value is -0.370. The monoisotopic (exact) mass is 172 g/mol. The van der Waals surface area contributed by atoms with E-state index < -0.39 is 0 Å². The molecule has 0 heterocycles. The van der Waals surface area contributed by atoms with Crippen LogP contribution in [0.1, 0.15) is 40.0 Å². The van der Waals surface area contributed by atoms with Gasteiger partial charge in [0.1, 0.15) is 6.29 Å². The van der Waals surface area contributed by atoms with Gasteiger partial charge in [0.15, 0.2) is 0 Å². The highest BCUT2D eigenvalue weighted by Crippen LogP contribution is 2.18. The highest BCUT2D eigenvalue weighted by atomic mass is 16.5. The molecule has 0 aliphatic rings. The average Bonchev–Trinajstić information content (AvgIpc) is 2.04. The zero-order valence-corrected chi connectivity index (χ0v) is 8.59. The van der Waals surface area contributed by atoms with Gasteiger partial charge in [-0.3, -0.25) is 0 Å². The van der Waals surface area contributed by atoms with Crippen LogP contribution in [0.2, 0.25) is 0 Å². The van der Waals surface area contributed by atoms with E-state index in [1.807, 2.05) is 6.92 Å². The Morgan fingerprint density at radius 2 is 2.08 bits per heavy atom. The summed E-state index contributed by atoms with van der Waals surface area (Å²) in [4.78, 5) is 10.3. The summed E-state index contributed by atoms with van der Waals surface area (Å²) in [7, 11) is 1.73. The van der Waals surface area contributed by atoms with E-state index in [0.29, 0.717) is 0 Å². The van der Waals surface area contributed by atoms with Crippen molar-refractivity contribution in [2.24, 2.45) is 5.92 Å². The van der Waals surface area contributed by atoms with Crippen LogP contribution in [0.4, 0.5) is 0 Å². The van der Waals surface area contributed by atoms with Crippen molar-refractivity contribution in [1.29, 1.82) is 0 Å². The second-order valence-corrected chi connectivity index (χ2v) is 3.97. The normalized spacial score (nSPS) is 14.3. The second-order valence-electron chi connectivity index (χ2n) is 3.97. The van der Waals surface area contributed by atoms with Crippen LogP contribution in [0.25, 0.3) is 0 Å². The van der Waals surface area contributed by atoms with Gasteiger partial charge in [0.25, 0.3) is 0 Å². The fourth-order valence-corrected chi connectivity index (χ4v) is 1.02. The SMILES string of the molecule is COC(C)(C)CCC[C@@H](C)C=O. The molecule has 0 radical (unpaired) electrons. The van der Waals surface area contributed by atoms with Crippen LogP contribution in [-0.2, 0) is 9.53 Å². The minimum Gasteiger partial charge on any atom is -0.379 e. The summed E-state index contributed by atoms with van der Waals surface area (Å²) in [5.74, 6) is 0.192. The Kier molecular flexibility index (Phi) is 5.14. The van der Waals surface area contributed by atoms with Crippen LogP contribution < -0.4 is 0 Å². The lowest BCUT2D eigenvalue weighted by Crippen LogP contribution is -2.22. The maximum absolute atomic E-state index is 10.3. The van der Waals surface area contributed by atoms with E-state index in [1.54, 1.807) is 7.11 Å². The number of carbonyl (C=O) groups excluding carboxylic acids is 1. The molecule has 12 heavy (non-hydrogen) atoms. The molecule has 0 spiro atoms. The van der Waals surface area contributed by atoms with Crippen LogP contribution in [-0.4, -0.2) is 19.0 Å². The molecule has 0 aromatic carbocycles. The van der Waals surface area contributed by atoms with Crippen molar-refractivity contribution >= 4 is 6.29 Å². The molecule has 0 aromatic rings. The molecule has 0 saturated heterocycles. The molecule has 0 fully saturated rings. The predicted octanol–water partition coefficient (Wildman–Crippen LogP) is 2.42. The minimum atomic E-state index is -0.0391. The molecule has 0 aromatic heterocycles. The van der Waals surface area contributed by atoms with Gasteiger partial charge in [0, 0.05) is 13.0 Å². The van der Waals surface area contributed by atoms with Gasteiger partial charge in [0.2, 0.25) is 0 Å². The molecule has 0 bridgehead atoms. The van der Waals surface area contributed by atoms with Crippen molar-refractivity contribution in [3.63, 3.8) is 0 Å². The number of hydrogen-bond donors (Lipinski definition) is 0. The molecule has 2 nitrogen and oxygen atoms in total. The number of methoxy groups -OCH3 is 1. The lowest BCUT2D eigenvalue weighted by molar-refractivity contribution is -0.110. The summed E-state index contributed by atoms with van der Waals surface area (Å²) in [5, 5.41) is 0. The first-order valence-electron chi connectivity index (χ1n) is 4.52. The molecule has 0 amide bonds. The van der Waals surface area contributed by atoms with E-state index in [-0.39, 0.29) is 11.5 Å². The maximum atomic E-state index is 10.3. The van der Waals surface area contributed by atoms with E-state index >= 15 is 0 Å². The van der Waals surface area contributed by atoms with E-state index in [1.165, 1.54) is 0 Å². The molecule has 2 heteroatoms. The van der Waals surface area contributed by atoms with Crippen LogP contribution in [0, 0.1) is 5.92 Å². The number of aldehydes is 1. The van der Waals surface area contributed by atoms with Gasteiger partial charge >= 0.3 is 0 Å². The highest BCUT2D eigenvalue weighted by Gasteiger charge is 2.15. The molecular formula is C10H20O2. The molecule has 0 N–H and O–H groups in total. The van der Waals surface area contributed by atoms with Gasteiger partial charge < -0.3 is 9.53 Å². The summed E-state index contributed by atoms with van der Waals surface area (Å²) in [6.07, 6.45) is 4.05. The van der Waals surface area contributed by atoms with Crippen molar-refractivity contribution in [2.45, 2.75) is 45.6 Å². The number of carbonyl (C=O) groups is 1. The fourth-order valence-electron chi connectivity index (χ4n) is 1.02. The molecule has 0 aliphatic carbocycles. The van der Waals surface area contributed by atoms with E-state index in [0.717, 1.165) is 25.5 Å². The standard InChI is InChI=1S/C10H20O2/c1-9(8-11)6-5-7-10(2,3)12-4/h8-9H,5-7H2,1-4H3/t9-/m1/s1. The molecule has 0 rings (SSSR count). The van der Waals surface area contributed by atoms with Crippen molar-refractivity contribution in [3.8, 4) is 0 Å². The first-order chi connectivity index (χ1) is 5.52. The lowest BCUT2D eigenvalue weighted by atomic mass is 9.97. The first kappa shape index (κ1) is 11.6. The van der Waals surface area contributed by atoms with Crippen molar-refractivity contribution in [3.05, 3.63) is 0 Å². The zero-order chi connectivity index (χ0) is 9.61. The lowest BCUT2D eigenvalue weighted by Gasteiger charge is -2.22. The smallest absolute Gasteiger partial charge is 0.122 e. The molecule has 72 valence electrons. The quantitative estimate of drug-likeness (QED) is 0.575. The van der Waals surface area contributed by atoms with Gasteiger partial charge in [0.05, 0.1) is 5.60 Å². The molecule has 0 saturated carbocycles. The third kappa shape index (κ3) is 5.30. The highest BCUT2D eigenvalue weighted by molar-refractivity contribution is 5.52. The van der Waals surface area contributed by atoms with E-state index in [4.69, 9.17) is 4.74 Å². The molecule has 0 aliphatic heterocycles. The summed E-state index contributed by atoms with van der Waals surface area (Å²) < 4.78 is 5.26. The van der Waals surface area contributed by atoms with Crippen LogP contribution in [0.3, 0.4) is 0 Å². The van der Waals surface area contributed by atoms with Crippen molar-refractivity contribution in [2.75, 3.05) is 7.11 Å². The van der Waals surface area contributed by atoms with Crippen LogP contribution in [0.5, 0.6) is 0 Å². The van der Waals surface area contributed by atoms with Gasteiger partial charge in [-0.2, -0.15) is 0 Å². The summed E-state index contributed by atoms with van der Waals surface area (Å²) in [6, 6.07) is 0. The Labute approximate surface area is 75.3 Å². The number of hydrogen-bond acceptors (Lipinski definition) is 2. The largest absolute Gasteiger partial charge is 0.379 e. The Bertz CT molecular complexity index is 130. The van der Waals surface area contributed by atoms with E-state index in [9.17, 15) is 4.79 Å². The molecule has 1 atom stereocenters. The van der Waals surface area contributed by atoms with Crippen molar-refractivity contribution in [1.82, 2.24) is 0 Å². The summed E-state index contributed by atoms with van der Waals surface area (Å²) in [6.45, 7) is 6.09. The average molecular weight is 172 g/mol. The fraction of sp³-hybridized carbons (Fsp3) is 0.900. The van der Waals surface area contributed by atoms with Crippen LogP contribution in [0.15, 0.2) is 0 Å². The zero-order valence-electron chi connectivity index (χ0n) is 8.59. The maximum Gasteiger partial charge on any atom is 0.122 e. The Morgan fingerprint density at radius 1 is 1.50 bits per heavy atom. The third-order valence-electron chi connectivity index (χ3n) is 2.22. The first-order valence-corrected chi connectivity index (χ1v) is 4.52. The minimum absolute atomic E-state index is 0.0391. The summed E-state index contributed by atoms with van der Waals surface area (Å²) >= 11 is 0. The predicted molar refractivity (Wildman–Crippen MR) is 50.2 cm³/mol. The topological polar surface area (TPSA) is 26.3 Å². The Balaban J connectivity index is 3.49. The second kappa shape index (κ2) is 5.31. The van der Waals surface area contributed by atoms with Gasteiger partial charge in [-0.05, 0) is 33.1 Å². The van der Waals surface area contributed by atoms with Gasteiger partial charge in [-0.25, -0.2) is 0 Å². The summed E-state index contributed by atoms with van der Waals surface area (Å²) in [5.41, 5.74) is -0.0391. The molecular weight excluding hydrogens is 152 g/mol. The van der Waals surface area contributed by atoms with Crippen molar-refractivity contribution < 1.29 is 9.53 Å². The molecule has 0 unspecified atom stereocenters. The van der Waals surface area contributed by atoms with Gasteiger partial charge in [-0.1, -0.05) is 6.92 Å². The Morgan fingerprint density at radius 3 is 2.50 bits per heavy atom. The van der Waals surface area contributed by atoms with Gasteiger partial charge in [-0.15, -0.1) is 0 Å². The van der Waals surface area contributed by atoms with E-state index in [2.05, 4.69) is 13.8 Å². The third-order valence-corrected chi connectivity index (χ3v) is 2.22.